The maximum atomic E-state index is 12.6. The van der Waals surface area contributed by atoms with Crippen molar-refractivity contribution < 1.29 is 28.9 Å². The van der Waals surface area contributed by atoms with E-state index in [1.165, 1.54) is 0 Å². The maximum absolute atomic E-state index is 12.6. The Kier molecular flexibility index (Phi) is 6.30. The first-order chi connectivity index (χ1) is 14.6. The van der Waals surface area contributed by atoms with E-state index in [1.807, 2.05) is 36.4 Å². The number of morpholine rings is 1. The van der Waals surface area contributed by atoms with Gasteiger partial charge in [0, 0.05) is 18.5 Å². The van der Waals surface area contributed by atoms with Gasteiger partial charge in [-0.05, 0) is 30.8 Å². The van der Waals surface area contributed by atoms with Crippen LogP contribution in [0.2, 0.25) is 0 Å². The fraction of sp³-hybridized carbons (Fsp3) is 0.391. The van der Waals surface area contributed by atoms with E-state index >= 15 is 0 Å². The molecule has 0 spiro atoms. The number of hydrogen-bond donors (Lipinski definition) is 1. The van der Waals surface area contributed by atoms with Crippen LogP contribution in [0, 0.1) is 0 Å². The molecule has 7 nitrogen and oxygen atoms in total. The van der Waals surface area contributed by atoms with Crippen molar-refractivity contribution >= 4 is 22.5 Å². The first-order valence-corrected chi connectivity index (χ1v) is 10.2. The number of rotatable bonds is 8. The van der Waals surface area contributed by atoms with Gasteiger partial charge in [-0.2, -0.15) is 0 Å². The fourth-order valence-corrected chi connectivity index (χ4v) is 3.82. The third-order valence-electron chi connectivity index (χ3n) is 5.45. The molecule has 1 unspecified atom stereocenters. The number of fused-ring (bicyclic) bond motifs is 1. The monoisotopic (exact) mass is 411 g/mol. The number of carbonyl (C=O) groups is 2. The van der Waals surface area contributed by atoms with Crippen molar-refractivity contribution in [1.82, 2.24) is 4.90 Å². The molecule has 1 saturated heterocycles. The molecule has 2 aromatic carbocycles. The van der Waals surface area contributed by atoms with Gasteiger partial charge in [0.05, 0.1) is 13.2 Å². The highest BCUT2D eigenvalue weighted by Gasteiger charge is 2.38. The molecule has 158 valence electrons. The van der Waals surface area contributed by atoms with Crippen LogP contribution in [0.25, 0.3) is 10.8 Å². The summed E-state index contributed by atoms with van der Waals surface area (Å²) in [6, 6.07) is 13.2. The molecule has 30 heavy (non-hydrogen) atoms. The zero-order valence-electron chi connectivity index (χ0n) is 16.7. The lowest BCUT2D eigenvalue weighted by Crippen LogP contribution is -2.37. The number of cyclic esters (lactones) is 1. The molecular formula is C23H25NO6. The number of ether oxygens (including phenoxy) is 3. The molecule has 0 saturated carbocycles. The van der Waals surface area contributed by atoms with Crippen LogP contribution in [0.4, 0.5) is 0 Å². The van der Waals surface area contributed by atoms with E-state index in [0.717, 1.165) is 50.0 Å². The van der Waals surface area contributed by atoms with Crippen LogP contribution in [0.3, 0.4) is 0 Å². The summed E-state index contributed by atoms with van der Waals surface area (Å²) in [7, 11) is 0. The van der Waals surface area contributed by atoms with Gasteiger partial charge < -0.3 is 19.3 Å². The molecule has 4 rings (SSSR count). The van der Waals surface area contributed by atoms with Gasteiger partial charge in [0.1, 0.15) is 11.3 Å². The highest BCUT2D eigenvalue weighted by atomic mass is 16.6. The molecule has 0 radical (unpaired) electrons. The average Bonchev–Trinajstić information content (AvgIpc) is 3.06. The van der Waals surface area contributed by atoms with E-state index < -0.39 is 17.9 Å². The topological polar surface area (TPSA) is 85.3 Å². The molecule has 2 heterocycles. The number of carbonyl (C=O) groups excluding carboxylic acids is 2. The summed E-state index contributed by atoms with van der Waals surface area (Å²) in [4.78, 5) is 27.0. The van der Waals surface area contributed by atoms with Gasteiger partial charge in [-0.15, -0.1) is 0 Å². The second-order valence-corrected chi connectivity index (χ2v) is 7.44. The minimum Gasteiger partial charge on any atom is -0.507 e. The number of Topliss-reactive ketones (excluding diaryl/α,β-unsaturated/α-hetero) is 1. The highest BCUT2D eigenvalue weighted by molar-refractivity contribution is 6.19. The Bertz CT molecular complexity index is 958. The molecule has 1 N–H and O–H groups in total. The summed E-state index contributed by atoms with van der Waals surface area (Å²) in [6.07, 6.45) is 0.446. The van der Waals surface area contributed by atoms with Crippen LogP contribution in [0.15, 0.2) is 53.8 Å². The zero-order valence-corrected chi connectivity index (χ0v) is 16.7. The van der Waals surface area contributed by atoms with E-state index in [0.29, 0.717) is 12.2 Å². The van der Waals surface area contributed by atoms with Gasteiger partial charge in [0.15, 0.2) is 18.5 Å². The Morgan fingerprint density at radius 1 is 1.13 bits per heavy atom. The normalized spacial score (nSPS) is 19.9. The summed E-state index contributed by atoms with van der Waals surface area (Å²) in [6.45, 7) is 3.68. The summed E-state index contributed by atoms with van der Waals surface area (Å²) in [5.41, 5.74) is -0.299. The molecule has 1 atom stereocenters. The number of nitrogens with zero attached hydrogens (tertiary/aromatic N) is 1. The number of esters is 1. The van der Waals surface area contributed by atoms with Crippen LogP contribution >= 0.6 is 0 Å². The summed E-state index contributed by atoms with van der Waals surface area (Å²) in [5, 5.41) is 12.3. The SMILES string of the molecule is O=C(COc1cccc2ccccc12)C1=C(O)C(CCCN2CCOCC2)OC1=O. The Hall–Kier alpha value is -2.90. The minimum atomic E-state index is -0.782. The first-order valence-electron chi connectivity index (χ1n) is 10.2. The summed E-state index contributed by atoms with van der Waals surface area (Å²) < 4.78 is 16.2. The van der Waals surface area contributed by atoms with E-state index in [-0.39, 0.29) is 17.9 Å². The smallest absolute Gasteiger partial charge is 0.346 e. The van der Waals surface area contributed by atoms with Gasteiger partial charge in [-0.1, -0.05) is 36.4 Å². The highest BCUT2D eigenvalue weighted by Crippen LogP contribution is 2.27. The number of hydrogen-bond acceptors (Lipinski definition) is 7. The van der Waals surface area contributed by atoms with E-state index in [2.05, 4.69) is 4.90 Å². The largest absolute Gasteiger partial charge is 0.507 e. The van der Waals surface area contributed by atoms with Gasteiger partial charge >= 0.3 is 5.97 Å². The number of ketones is 1. The van der Waals surface area contributed by atoms with Gasteiger partial charge in [0.25, 0.3) is 0 Å². The second kappa shape index (κ2) is 9.28. The summed E-state index contributed by atoms with van der Waals surface area (Å²) >= 11 is 0. The van der Waals surface area contributed by atoms with Gasteiger partial charge in [0.2, 0.25) is 5.78 Å². The Labute approximate surface area is 174 Å². The van der Waals surface area contributed by atoms with Crippen molar-refractivity contribution in [1.29, 1.82) is 0 Å². The third kappa shape index (κ3) is 4.47. The van der Waals surface area contributed by atoms with Gasteiger partial charge in [-0.25, -0.2) is 4.79 Å². The zero-order chi connectivity index (χ0) is 20.9. The Balaban J connectivity index is 1.35. The van der Waals surface area contributed by atoms with Crippen molar-refractivity contribution in [3.05, 3.63) is 53.8 Å². The van der Waals surface area contributed by atoms with Crippen molar-refractivity contribution in [3.63, 3.8) is 0 Å². The van der Waals surface area contributed by atoms with Crippen LogP contribution in [-0.4, -0.2) is 67.3 Å². The van der Waals surface area contributed by atoms with Crippen LogP contribution < -0.4 is 4.74 Å². The van der Waals surface area contributed by atoms with E-state index in [9.17, 15) is 14.7 Å². The van der Waals surface area contributed by atoms with Crippen LogP contribution in [-0.2, 0) is 19.1 Å². The summed E-state index contributed by atoms with van der Waals surface area (Å²) in [5.74, 6) is -1.10. The first kappa shape index (κ1) is 20.4. The number of aliphatic hydroxyl groups excluding tert-OH is 1. The number of benzene rings is 2. The lowest BCUT2D eigenvalue weighted by atomic mass is 10.1. The Morgan fingerprint density at radius 2 is 1.90 bits per heavy atom. The number of aliphatic hydroxyl groups is 1. The van der Waals surface area contributed by atoms with E-state index in [4.69, 9.17) is 14.2 Å². The molecule has 0 aliphatic carbocycles. The quantitative estimate of drug-likeness (QED) is 0.528. The molecule has 2 aromatic rings. The predicted octanol–water partition coefficient (Wildman–Crippen LogP) is 2.64. The minimum absolute atomic E-state index is 0.284. The molecule has 2 aliphatic rings. The molecule has 7 heteroatoms. The van der Waals surface area contributed by atoms with Crippen molar-refractivity contribution in [3.8, 4) is 5.75 Å². The average molecular weight is 411 g/mol. The predicted molar refractivity (Wildman–Crippen MR) is 110 cm³/mol. The molecule has 1 fully saturated rings. The van der Waals surface area contributed by atoms with E-state index in [1.54, 1.807) is 6.07 Å². The Morgan fingerprint density at radius 3 is 2.73 bits per heavy atom. The third-order valence-corrected chi connectivity index (χ3v) is 5.45. The van der Waals surface area contributed by atoms with Crippen LogP contribution in [0.5, 0.6) is 5.75 Å². The lowest BCUT2D eigenvalue weighted by Gasteiger charge is -2.26. The van der Waals surface area contributed by atoms with Gasteiger partial charge in [-0.3, -0.25) is 9.69 Å². The standard InChI is InChI=1S/C23H25NO6/c25-18(15-29-19-8-3-6-16-5-1-2-7-17(16)19)21-22(26)20(30-23(21)27)9-4-10-24-11-13-28-14-12-24/h1-3,5-8,20,26H,4,9-15H2. The van der Waals surface area contributed by atoms with Crippen molar-refractivity contribution in [2.45, 2.75) is 18.9 Å². The lowest BCUT2D eigenvalue weighted by molar-refractivity contribution is -0.141. The maximum Gasteiger partial charge on any atom is 0.346 e. The fourth-order valence-electron chi connectivity index (χ4n) is 3.82. The van der Waals surface area contributed by atoms with Crippen LogP contribution in [0.1, 0.15) is 12.8 Å². The molecule has 0 amide bonds. The molecular weight excluding hydrogens is 386 g/mol. The van der Waals surface area contributed by atoms with Crippen molar-refractivity contribution in [2.24, 2.45) is 0 Å². The molecule has 2 aliphatic heterocycles. The second-order valence-electron chi connectivity index (χ2n) is 7.44. The molecule has 0 bridgehead atoms. The van der Waals surface area contributed by atoms with Crippen molar-refractivity contribution in [2.75, 3.05) is 39.5 Å². The molecule has 0 aromatic heterocycles.